The van der Waals surface area contributed by atoms with Crippen LogP contribution in [0.4, 0.5) is 0 Å². The van der Waals surface area contributed by atoms with E-state index in [2.05, 4.69) is 123 Å². The Balaban J connectivity index is 0.00000193. The smallest absolute Gasteiger partial charge is 0.147 e. The summed E-state index contributed by atoms with van der Waals surface area (Å²) in [5.74, 6) is 0. The van der Waals surface area contributed by atoms with Gasteiger partial charge in [-0.3, -0.25) is 0 Å². The van der Waals surface area contributed by atoms with E-state index in [1.165, 1.54) is 86.5 Å². The number of rotatable bonds is 10. The van der Waals surface area contributed by atoms with E-state index in [9.17, 15) is 0 Å². The number of halogens is 2. The van der Waals surface area contributed by atoms with E-state index >= 15 is 0 Å². The molecule has 0 radical (unpaired) electrons. The molecule has 4 unspecified atom stereocenters. The molecule has 0 bridgehead atoms. The molecule has 244 valence electrons. The minimum atomic E-state index is -3.20. The van der Waals surface area contributed by atoms with Crippen molar-refractivity contribution in [3.05, 3.63) is 130 Å². The van der Waals surface area contributed by atoms with Gasteiger partial charge in [0.05, 0.1) is 0 Å². The number of benzene rings is 4. The fourth-order valence-electron chi connectivity index (χ4n) is 10.3. The first-order valence-corrected chi connectivity index (χ1v) is 26.3. The van der Waals surface area contributed by atoms with Crippen molar-refractivity contribution in [1.82, 2.24) is 0 Å². The van der Waals surface area contributed by atoms with Gasteiger partial charge < -0.3 is 0 Å². The van der Waals surface area contributed by atoms with Crippen LogP contribution in [0.5, 0.6) is 0 Å². The van der Waals surface area contributed by atoms with Crippen LogP contribution in [0.15, 0.2) is 108 Å². The molecule has 2 fully saturated rings. The van der Waals surface area contributed by atoms with Gasteiger partial charge in [0.2, 0.25) is 0 Å². The molecule has 4 aromatic rings. The molecule has 0 amide bonds. The molecular weight excluding hydrogens is 778 g/mol. The normalized spacial score (nSPS) is 25.0. The molecule has 3 aliphatic carbocycles. The van der Waals surface area contributed by atoms with Gasteiger partial charge in [0, 0.05) is 0 Å². The third-order valence-electron chi connectivity index (χ3n) is 12.1. The number of hydrogen-bond donors (Lipinski definition) is 0. The SMILES string of the molecule is CCCCC1=Cc2c(-c3ccccc3)cccc2[CH]1[Hf]1([CH]2C(CCCC)=Cc3c(-c4ccccc4)cccc32)[CH]2CCCC[CH]21.Cl.Cl. The molecule has 3 heteroatoms. The third-order valence-corrected chi connectivity index (χ3v) is 36.9. The zero-order chi connectivity index (χ0) is 30.4. The van der Waals surface area contributed by atoms with Crippen molar-refractivity contribution >= 4 is 37.0 Å². The Kier molecular flexibility index (Phi) is 10.9. The largest absolute Gasteiger partial charge is 0.147 e. The molecule has 8 rings (SSSR count). The molecule has 47 heavy (non-hydrogen) atoms. The maximum Gasteiger partial charge on any atom is -0.147 e. The maximum absolute atomic E-state index is 3.20. The van der Waals surface area contributed by atoms with Crippen molar-refractivity contribution in [3.63, 3.8) is 0 Å². The Morgan fingerprint density at radius 2 is 0.957 bits per heavy atom. The molecular formula is C44H50Cl2Hf. The summed E-state index contributed by atoms with van der Waals surface area (Å²) in [6.45, 7) is 4.77. The van der Waals surface area contributed by atoms with Crippen LogP contribution >= 0.6 is 24.8 Å². The molecule has 1 saturated carbocycles. The summed E-state index contributed by atoms with van der Waals surface area (Å²) >= 11 is -3.20. The van der Waals surface area contributed by atoms with Gasteiger partial charge >= 0.3 is 278 Å². The van der Waals surface area contributed by atoms with Crippen molar-refractivity contribution in [2.45, 2.75) is 92.8 Å². The van der Waals surface area contributed by atoms with Crippen LogP contribution in [0.3, 0.4) is 0 Å². The number of hydrogen-bond acceptors (Lipinski definition) is 0. The average Bonchev–Trinajstić information content (AvgIpc) is 3.37. The molecule has 4 aliphatic rings. The van der Waals surface area contributed by atoms with Crippen LogP contribution in [-0.2, 0) is 20.0 Å². The average molecular weight is 828 g/mol. The Morgan fingerprint density at radius 1 is 0.532 bits per heavy atom. The van der Waals surface area contributed by atoms with E-state index in [-0.39, 0.29) is 24.8 Å². The second kappa shape index (κ2) is 14.7. The minimum Gasteiger partial charge on any atom is -0.147 e. The zero-order valence-corrected chi connectivity index (χ0v) is 33.3. The van der Waals surface area contributed by atoms with E-state index in [0.29, 0.717) is 0 Å². The van der Waals surface area contributed by atoms with E-state index in [1.807, 2.05) is 11.1 Å². The Labute approximate surface area is 300 Å². The topological polar surface area (TPSA) is 0 Å². The van der Waals surface area contributed by atoms with Gasteiger partial charge in [-0.25, -0.2) is 0 Å². The molecule has 1 heterocycles. The van der Waals surface area contributed by atoms with Crippen LogP contribution in [0.2, 0.25) is 7.35 Å². The standard InChI is InChI=1S/2C19H19.C6H10.2ClH.Hf/c2*1-2-3-8-15-13-17-11-7-12-18(19(17)14-15)16-9-5-4-6-10-16;1-2-4-6-5-3-1;;;/h2*4-7,9-14H,2-3,8H2,1H3;1-2H,3-6H2;2*1H;. The number of fused-ring (bicyclic) bond motifs is 3. The Hall–Kier alpha value is -2.19. The summed E-state index contributed by atoms with van der Waals surface area (Å²) in [4.78, 5) is 0. The van der Waals surface area contributed by atoms with Crippen molar-refractivity contribution in [2.24, 2.45) is 0 Å². The first-order valence-electron chi connectivity index (χ1n) is 18.0. The van der Waals surface area contributed by atoms with Gasteiger partial charge in [0.15, 0.2) is 0 Å². The monoisotopic (exact) mass is 828 g/mol. The van der Waals surface area contributed by atoms with Crippen LogP contribution in [0, 0.1) is 0 Å². The summed E-state index contributed by atoms with van der Waals surface area (Å²) in [7, 11) is 0. The molecule has 0 N–H and O–H groups in total. The second-order valence-electron chi connectivity index (χ2n) is 14.4. The molecule has 0 aromatic heterocycles. The predicted octanol–water partition coefficient (Wildman–Crippen LogP) is 14.1. The fraction of sp³-hybridized carbons (Fsp3) is 0.364. The molecule has 1 aliphatic heterocycles. The summed E-state index contributed by atoms with van der Waals surface area (Å²) < 4.78 is 3.54. The summed E-state index contributed by atoms with van der Waals surface area (Å²) in [6.07, 6.45) is 19.1. The third kappa shape index (κ3) is 5.81. The minimum absolute atomic E-state index is 0. The molecule has 1 saturated heterocycles. The van der Waals surface area contributed by atoms with Gasteiger partial charge in [0.1, 0.15) is 0 Å². The van der Waals surface area contributed by atoms with Crippen LogP contribution in [-0.4, -0.2) is 0 Å². The van der Waals surface area contributed by atoms with Crippen molar-refractivity contribution < 1.29 is 20.0 Å². The quantitative estimate of drug-likeness (QED) is 0.140. The van der Waals surface area contributed by atoms with Crippen molar-refractivity contribution in [2.75, 3.05) is 0 Å². The van der Waals surface area contributed by atoms with Crippen LogP contribution in [0.1, 0.15) is 108 Å². The number of allylic oxidation sites excluding steroid dienone is 2. The maximum atomic E-state index is 2.73. The summed E-state index contributed by atoms with van der Waals surface area (Å²) in [5.41, 5.74) is 15.9. The summed E-state index contributed by atoms with van der Waals surface area (Å²) in [6, 6.07) is 37.2. The van der Waals surface area contributed by atoms with Gasteiger partial charge in [-0.05, 0) is 0 Å². The van der Waals surface area contributed by atoms with E-state index in [1.54, 1.807) is 22.3 Å². The van der Waals surface area contributed by atoms with Gasteiger partial charge in [-0.1, -0.05) is 0 Å². The van der Waals surface area contributed by atoms with Gasteiger partial charge in [-0.2, -0.15) is 0 Å². The zero-order valence-electron chi connectivity index (χ0n) is 28.1. The molecule has 0 nitrogen and oxygen atoms in total. The van der Waals surface area contributed by atoms with E-state index < -0.39 is 20.0 Å². The molecule has 4 atom stereocenters. The van der Waals surface area contributed by atoms with Crippen LogP contribution < -0.4 is 0 Å². The number of unbranched alkanes of at least 4 members (excludes halogenated alkanes) is 2. The molecule has 0 spiro atoms. The Bertz CT molecular complexity index is 1620. The summed E-state index contributed by atoms with van der Waals surface area (Å²) in [5, 5.41) is 0. The Morgan fingerprint density at radius 3 is 1.36 bits per heavy atom. The van der Waals surface area contributed by atoms with Crippen LogP contribution in [0.25, 0.3) is 34.4 Å². The van der Waals surface area contributed by atoms with E-state index in [4.69, 9.17) is 0 Å². The molecule has 4 aromatic carbocycles. The van der Waals surface area contributed by atoms with Crippen molar-refractivity contribution in [3.8, 4) is 22.3 Å². The first kappa shape index (κ1) is 34.7. The predicted molar refractivity (Wildman–Crippen MR) is 205 cm³/mol. The van der Waals surface area contributed by atoms with Gasteiger partial charge in [-0.15, -0.1) is 24.8 Å². The second-order valence-corrected chi connectivity index (χ2v) is 31.0. The van der Waals surface area contributed by atoms with Gasteiger partial charge in [0.25, 0.3) is 0 Å². The first-order chi connectivity index (χ1) is 22.3. The fourth-order valence-corrected chi connectivity index (χ4v) is 45.7. The van der Waals surface area contributed by atoms with E-state index in [0.717, 1.165) is 14.7 Å². The van der Waals surface area contributed by atoms with Crippen molar-refractivity contribution in [1.29, 1.82) is 0 Å².